The average molecular weight is 216 g/mol. The van der Waals surface area contributed by atoms with Crippen LogP contribution in [0.1, 0.15) is 24.1 Å². The molecule has 1 rings (SSSR count). The molecule has 0 aliphatic rings. The van der Waals surface area contributed by atoms with Crippen molar-refractivity contribution in [2.24, 2.45) is 5.73 Å². The van der Waals surface area contributed by atoms with Gasteiger partial charge in [-0.25, -0.2) is 0 Å². The molecule has 2 atom stereocenters. The van der Waals surface area contributed by atoms with Crippen LogP contribution in [-0.2, 0) is 0 Å². The second-order valence-electron chi connectivity index (χ2n) is 3.38. The van der Waals surface area contributed by atoms with Gasteiger partial charge < -0.3 is 15.9 Å². The van der Waals surface area contributed by atoms with Crippen LogP contribution < -0.4 is 5.73 Å². The number of halogens is 1. The maximum atomic E-state index is 9.72. The highest BCUT2D eigenvalue weighted by atomic mass is 35.5. The van der Waals surface area contributed by atoms with Gasteiger partial charge in [0.05, 0.1) is 12.1 Å². The first-order valence-electron chi connectivity index (χ1n) is 4.36. The summed E-state index contributed by atoms with van der Waals surface area (Å²) >= 11 is 5.81. The minimum absolute atomic E-state index is 0.0610. The van der Waals surface area contributed by atoms with E-state index in [-0.39, 0.29) is 5.75 Å². The summed E-state index contributed by atoms with van der Waals surface area (Å²) < 4.78 is 0. The summed E-state index contributed by atoms with van der Waals surface area (Å²) in [6, 6.07) is 2.70. The van der Waals surface area contributed by atoms with Gasteiger partial charge in [0.1, 0.15) is 5.75 Å². The summed E-state index contributed by atoms with van der Waals surface area (Å²) in [6.45, 7) is 3.28. The van der Waals surface area contributed by atoms with E-state index in [0.29, 0.717) is 16.1 Å². The molecule has 78 valence electrons. The fourth-order valence-corrected chi connectivity index (χ4v) is 1.38. The fraction of sp³-hybridized carbons (Fsp3) is 0.400. The van der Waals surface area contributed by atoms with E-state index < -0.39 is 12.1 Å². The summed E-state index contributed by atoms with van der Waals surface area (Å²) in [5, 5.41) is 19.5. The van der Waals surface area contributed by atoms with Crippen molar-refractivity contribution in [3.05, 3.63) is 28.3 Å². The Morgan fingerprint density at radius 3 is 2.50 bits per heavy atom. The zero-order valence-electron chi connectivity index (χ0n) is 8.16. The Hall–Kier alpha value is -0.770. The van der Waals surface area contributed by atoms with Gasteiger partial charge in [-0.15, -0.1) is 0 Å². The van der Waals surface area contributed by atoms with Crippen LogP contribution in [0.2, 0.25) is 5.02 Å². The van der Waals surface area contributed by atoms with Gasteiger partial charge in [-0.3, -0.25) is 0 Å². The number of benzene rings is 1. The molecule has 0 saturated heterocycles. The zero-order chi connectivity index (χ0) is 10.9. The zero-order valence-corrected chi connectivity index (χ0v) is 8.92. The summed E-state index contributed by atoms with van der Waals surface area (Å²) in [4.78, 5) is 0. The van der Waals surface area contributed by atoms with Crippen LogP contribution in [0.4, 0.5) is 0 Å². The molecule has 0 bridgehead atoms. The summed E-state index contributed by atoms with van der Waals surface area (Å²) in [5.74, 6) is 0.0610. The number of aliphatic hydroxyl groups excluding tert-OH is 1. The number of rotatable bonds is 2. The Labute approximate surface area is 88.1 Å². The molecule has 0 amide bonds. The third-order valence-electron chi connectivity index (χ3n) is 2.27. The van der Waals surface area contributed by atoms with E-state index in [0.717, 1.165) is 0 Å². The van der Waals surface area contributed by atoms with Gasteiger partial charge in [-0.05, 0) is 19.9 Å². The predicted molar refractivity (Wildman–Crippen MR) is 56.5 cm³/mol. The summed E-state index contributed by atoms with van der Waals surface area (Å²) in [6.07, 6.45) is -0.707. The fourth-order valence-electron chi connectivity index (χ4n) is 1.23. The van der Waals surface area contributed by atoms with Crippen LogP contribution in [0.25, 0.3) is 0 Å². The molecule has 0 radical (unpaired) electrons. The predicted octanol–water partition coefficient (Wildman–Crippen LogP) is 1.73. The quantitative estimate of drug-likeness (QED) is 0.704. The SMILES string of the molecule is Cc1c(Cl)ccc(C(N)C(C)O)c1O. The molecule has 4 heteroatoms. The molecule has 0 fully saturated rings. The van der Waals surface area contributed by atoms with E-state index in [2.05, 4.69) is 0 Å². The van der Waals surface area contributed by atoms with E-state index >= 15 is 0 Å². The van der Waals surface area contributed by atoms with Crippen molar-refractivity contribution in [1.29, 1.82) is 0 Å². The lowest BCUT2D eigenvalue weighted by Crippen LogP contribution is -2.23. The van der Waals surface area contributed by atoms with Gasteiger partial charge >= 0.3 is 0 Å². The van der Waals surface area contributed by atoms with Crippen LogP contribution in [-0.4, -0.2) is 16.3 Å². The van der Waals surface area contributed by atoms with Crippen molar-refractivity contribution in [2.45, 2.75) is 26.0 Å². The Morgan fingerprint density at radius 2 is 2.00 bits per heavy atom. The van der Waals surface area contributed by atoms with Gasteiger partial charge in [0.25, 0.3) is 0 Å². The molecule has 0 aromatic heterocycles. The highest BCUT2D eigenvalue weighted by Gasteiger charge is 2.17. The average Bonchev–Trinajstić information content (AvgIpc) is 2.13. The van der Waals surface area contributed by atoms with Crippen LogP contribution >= 0.6 is 11.6 Å². The minimum atomic E-state index is -0.707. The Morgan fingerprint density at radius 1 is 1.43 bits per heavy atom. The van der Waals surface area contributed by atoms with Crippen molar-refractivity contribution in [3.8, 4) is 5.75 Å². The lowest BCUT2D eigenvalue weighted by Gasteiger charge is -2.17. The lowest BCUT2D eigenvalue weighted by atomic mass is 10.00. The Kier molecular flexibility index (Phi) is 3.37. The molecule has 4 N–H and O–H groups in total. The van der Waals surface area contributed by atoms with Crippen LogP contribution in [0, 0.1) is 6.92 Å². The van der Waals surface area contributed by atoms with Crippen molar-refractivity contribution >= 4 is 11.6 Å². The Bertz CT molecular complexity index is 339. The van der Waals surface area contributed by atoms with Crippen molar-refractivity contribution in [2.75, 3.05) is 0 Å². The van der Waals surface area contributed by atoms with Gasteiger partial charge in [0, 0.05) is 16.1 Å². The third kappa shape index (κ3) is 2.00. The number of phenolic OH excluding ortho intramolecular Hbond substituents is 1. The number of nitrogens with two attached hydrogens (primary N) is 1. The maximum absolute atomic E-state index is 9.72. The topological polar surface area (TPSA) is 66.5 Å². The number of phenols is 1. The number of hydrogen-bond donors (Lipinski definition) is 3. The highest BCUT2D eigenvalue weighted by Crippen LogP contribution is 2.32. The van der Waals surface area contributed by atoms with Crippen LogP contribution in [0.3, 0.4) is 0 Å². The molecule has 0 saturated carbocycles. The van der Waals surface area contributed by atoms with Crippen molar-refractivity contribution in [3.63, 3.8) is 0 Å². The summed E-state index contributed by atoms with van der Waals surface area (Å²) in [5.41, 5.74) is 6.80. The molecule has 1 aromatic carbocycles. The van der Waals surface area contributed by atoms with Crippen LogP contribution in [0.5, 0.6) is 5.75 Å². The molecular formula is C10H14ClNO2. The van der Waals surface area contributed by atoms with Gasteiger partial charge in [-0.2, -0.15) is 0 Å². The minimum Gasteiger partial charge on any atom is -0.507 e. The first-order chi connectivity index (χ1) is 6.45. The standard InChI is InChI=1S/C10H14ClNO2/c1-5-8(11)4-3-7(10(5)14)9(12)6(2)13/h3-4,6,9,13-14H,12H2,1-2H3. The normalized spacial score (nSPS) is 15.2. The number of hydrogen-bond acceptors (Lipinski definition) is 3. The van der Waals surface area contributed by atoms with Gasteiger partial charge in [0.15, 0.2) is 0 Å². The van der Waals surface area contributed by atoms with E-state index in [1.807, 2.05) is 0 Å². The van der Waals surface area contributed by atoms with Crippen molar-refractivity contribution < 1.29 is 10.2 Å². The molecule has 2 unspecified atom stereocenters. The molecule has 3 nitrogen and oxygen atoms in total. The first kappa shape index (κ1) is 11.3. The largest absolute Gasteiger partial charge is 0.507 e. The van der Waals surface area contributed by atoms with Gasteiger partial charge in [-0.1, -0.05) is 17.7 Å². The second kappa shape index (κ2) is 4.17. The smallest absolute Gasteiger partial charge is 0.124 e. The highest BCUT2D eigenvalue weighted by molar-refractivity contribution is 6.31. The molecular weight excluding hydrogens is 202 g/mol. The molecule has 1 aromatic rings. The molecule has 0 spiro atoms. The second-order valence-corrected chi connectivity index (χ2v) is 3.78. The van der Waals surface area contributed by atoms with E-state index in [4.69, 9.17) is 17.3 Å². The monoisotopic (exact) mass is 215 g/mol. The Balaban J connectivity index is 3.17. The lowest BCUT2D eigenvalue weighted by molar-refractivity contribution is 0.163. The van der Waals surface area contributed by atoms with E-state index in [1.165, 1.54) is 0 Å². The summed E-state index contributed by atoms with van der Waals surface area (Å²) in [7, 11) is 0. The van der Waals surface area contributed by atoms with Crippen LogP contribution in [0.15, 0.2) is 12.1 Å². The van der Waals surface area contributed by atoms with Crippen molar-refractivity contribution in [1.82, 2.24) is 0 Å². The number of aliphatic hydroxyl groups is 1. The molecule has 14 heavy (non-hydrogen) atoms. The van der Waals surface area contributed by atoms with Gasteiger partial charge in [0.2, 0.25) is 0 Å². The van der Waals surface area contributed by atoms with E-state index in [1.54, 1.807) is 26.0 Å². The van der Waals surface area contributed by atoms with E-state index in [9.17, 15) is 10.2 Å². The molecule has 0 aliphatic heterocycles. The maximum Gasteiger partial charge on any atom is 0.124 e. The molecule has 0 aliphatic carbocycles. The first-order valence-corrected chi connectivity index (χ1v) is 4.74. The third-order valence-corrected chi connectivity index (χ3v) is 2.68. The molecule has 0 heterocycles. The number of aromatic hydroxyl groups is 1.